The van der Waals surface area contributed by atoms with Crippen molar-refractivity contribution < 1.29 is 4.79 Å². The Hall–Kier alpha value is -2.80. The van der Waals surface area contributed by atoms with Crippen molar-refractivity contribution in [1.82, 2.24) is 4.90 Å². The van der Waals surface area contributed by atoms with Gasteiger partial charge in [0.15, 0.2) is 0 Å². The number of nitrogens with one attached hydrogen (secondary N) is 1. The highest BCUT2D eigenvalue weighted by atomic mass is 16.2. The van der Waals surface area contributed by atoms with Crippen LogP contribution in [0.2, 0.25) is 0 Å². The van der Waals surface area contributed by atoms with Gasteiger partial charge in [0.1, 0.15) is 0 Å². The molecule has 1 N–H and O–H groups in total. The van der Waals surface area contributed by atoms with E-state index in [-0.39, 0.29) is 18.5 Å². The number of anilines is 1. The first kappa shape index (κ1) is 16.1. The normalized spacial score (nSPS) is 15.9. The van der Waals surface area contributed by atoms with Crippen molar-refractivity contribution in [3.8, 4) is 6.07 Å². The van der Waals surface area contributed by atoms with Gasteiger partial charge in [0.05, 0.1) is 24.2 Å². The van der Waals surface area contributed by atoms with Crippen LogP contribution in [-0.2, 0) is 11.2 Å². The van der Waals surface area contributed by atoms with Crippen LogP contribution in [0.1, 0.15) is 35.6 Å². The molecule has 3 rings (SSSR count). The van der Waals surface area contributed by atoms with Gasteiger partial charge in [-0.25, -0.2) is 0 Å². The molecule has 1 aliphatic carbocycles. The molecule has 4 heteroatoms. The number of hydrogen-bond acceptors (Lipinski definition) is 3. The van der Waals surface area contributed by atoms with Crippen LogP contribution in [0.15, 0.2) is 48.5 Å². The number of likely N-dealkylation sites (N-methyl/N-ethyl adjacent to an activating group) is 1. The monoisotopic (exact) mass is 319 g/mol. The fourth-order valence-electron chi connectivity index (χ4n) is 3.27. The first-order valence-corrected chi connectivity index (χ1v) is 8.26. The van der Waals surface area contributed by atoms with Crippen molar-refractivity contribution in [3.05, 3.63) is 65.2 Å². The molecular formula is C20H21N3O. The molecule has 0 heterocycles. The van der Waals surface area contributed by atoms with E-state index >= 15 is 0 Å². The second-order valence-electron chi connectivity index (χ2n) is 6.15. The molecule has 0 spiro atoms. The molecule has 24 heavy (non-hydrogen) atoms. The summed E-state index contributed by atoms with van der Waals surface area (Å²) in [5.41, 5.74) is 4.09. The molecule has 2 aromatic carbocycles. The highest BCUT2D eigenvalue weighted by Gasteiger charge is 2.26. The smallest absolute Gasteiger partial charge is 0.242 e. The molecule has 0 saturated carbocycles. The Labute approximate surface area is 142 Å². The van der Waals surface area contributed by atoms with Gasteiger partial charge in [0, 0.05) is 12.7 Å². The van der Waals surface area contributed by atoms with Crippen LogP contribution in [0, 0.1) is 11.3 Å². The molecule has 0 saturated heterocycles. The summed E-state index contributed by atoms with van der Waals surface area (Å²) in [7, 11) is 1.88. The van der Waals surface area contributed by atoms with Gasteiger partial charge >= 0.3 is 0 Å². The number of fused-ring (bicyclic) bond motifs is 1. The lowest BCUT2D eigenvalue weighted by Gasteiger charge is -2.33. The molecule has 4 nitrogen and oxygen atoms in total. The largest absolute Gasteiger partial charge is 0.376 e. The van der Waals surface area contributed by atoms with E-state index in [9.17, 15) is 4.79 Å². The van der Waals surface area contributed by atoms with Crippen molar-refractivity contribution in [2.45, 2.75) is 25.3 Å². The third kappa shape index (κ3) is 3.41. The molecule has 2 aromatic rings. The number of nitrogens with zero attached hydrogens (tertiary/aromatic N) is 2. The first-order chi connectivity index (χ1) is 11.7. The summed E-state index contributed by atoms with van der Waals surface area (Å²) in [6.07, 6.45) is 3.22. The van der Waals surface area contributed by atoms with E-state index in [1.54, 1.807) is 12.1 Å². The summed E-state index contributed by atoms with van der Waals surface area (Å²) in [6, 6.07) is 17.8. The Kier molecular flexibility index (Phi) is 4.81. The van der Waals surface area contributed by atoms with Crippen molar-refractivity contribution in [1.29, 1.82) is 5.26 Å². The van der Waals surface area contributed by atoms with Gasteiger partial charge in [-0.2, -0.15) is 5.26 Å². The fourth-order valence-corrected chi connectivity index (χ4v) is 3.27. The summed E-state index contributed by atoms with van der Waals surface area (Å²) < 4.78 is 0. The van der Waals surface area contributed by atoms with Crippen LogP contribution in [-0.4, -0.2) is 24.4 Å². The van der Waals surface area contributed by atoms with Gasteiger partial charge in [-0.05, 0) is 54.7 Å². The zero-order valence-corrected chi connectivity index (χ0v) is 13.8. The molecule has 122 valence electrons. The lowest BCUT2D eigenvalue weighted by atomic mass is 9.87. The quantitative estimate of drug-likeness (QED) is 0.938. The van der Waals surface area contributed by atoms with E-state index in [0.29, 0.717) is 5.56 Å². The van der Waals surface area contributed by atoms with Crippen molar-refractivity contribution in [2.24, 2.45) is 0 Å². The molecular weight excluding hydrogens is 298 g/mol. The molecule has 1 amide bonds. The summed E-state index contributed by atoms with van der Waals surface area (Å²) in [6.45, 7) is 0.251. The highest BCUT2D eigenvalue weighted by molar-refractivity contribution is 5.81. The van der Waals surface area contributed by atoms with Gasteiger partial charge in [0.2, 0.25) is 5.91 Å². The van der Waals surface area contributed by atoms with Crippen LogP contribution in [0.3, 0.4) is 0 Å². The van der Waals surface area contributed by atoms with Crippen LogP contribution >= 0.6 is 0 Å². The molecule has 0 aliphatic heterocycles. The predicted molar refractivity (Wildman–Crippen MR) is 94.5 cm³/mol. The molecule has 0 bridgehead atoms. The van der Waals surface area contributed by atoms with E-state index in [2.05, 4.69) is 29.6 Å². The van der Waals surface area contributed by atoms with Crippen molar-refractivity contribution >= 4 is 11.6 Å². The summed E-state index contributed by atoms with van der Waals surface area (Å²) in [5.74, 6) is 0.0704. The second-order valence-corrected chi connectivity index (χ2v) is 6.15. The van der Waals surface area contributed by atoms with Crippen LogP contribution in [0.25, 0.3) is 0 Å². The molecule has 0 fully saturated rings. The summed E-state index contributed by atoms with van der Waals surface area (Å²) >= 11 is 0. The van der Waals surface area contributed by atoms with Gasteiger partial charge in [-0.1, -0.05) is 24.3 Å². The number of benzene rings is 2. The predicted octanol–water partition coefficient (Wildman–Crippen LogP) is 3.51. The Balaban J connectivity index is 1.64. The van der Waals surface area contributed by atoms with E-state index in [1.807, 2.05) is 30.1 Å². The van der Waals surface area contributed by atoms with Gasteiger partial charge in [0.25, 0.3) is 0 Å². The number of carbonyl (C=O) groups excluding carboxylic acids is 1. The van der Waals surface area contributed by atoms with E-state index in [1.165, 1.54) is 11.1 Å². The Morgan fingerprint density at radius 1 is 1.25 bits per heavy atom. The zero-order chi connectivity index (χ0) is 16.9. The average molecular weight is 319 g/mol. The maximum absolute atomic E-state index is 12.6. The standard InChI is InChI=1S/C20H21N3O/c1-23(19-8-4-6-16-5-2-3-7-18(16)19)20(24)14-22-17-11-9-15(13-21)10-12-17/h2-3,5,7,9-12,19,22H,4,6,8,14H2,1H3. The lowest BCUT2D eigenvalue weighted by molar-refractivity contribution is -0.130. The Bertz CT molecular complexity index is 761. The molecule has 1 unspecified atom stereocenters. The van der Waals surface area contributed by atoms with E-state index < -0.39 is 0 Å². The molecule has 1 aliphatic rings. The van der Waals surface area contributed by atoms with Gasteiger partial charge in [-0.15, -0.1) is 0 Å². The van der Waals surface area contributed by atoms with E-state index in [0.717, 1.165) is 24.9 Å². The Morgan fingerprint density at radius 2 is 2.00 bits per heavy atom. The fraction of sp³-hybridized carbons (Fsp3) is 0.300. The van der Waals surface area contributed by atoms with Gasteiger partial charge < -0.3 is 10.2 Å². The number of nitriles is 1. The SMILES string of the molecule is CN(C(=O)CNc1ccc(C#N)cc1)C1CCCc2ccccc21. The second kappa shape index (κ2) is 7.18. The zero-order valence-electron chi connectivity index (χ0n) is 13.8. The number of amides is 1. The lowest BCUT2D eigenvalue weighted by Crippen LogP contribution is -2.36. The topological polar surface area (TPSA) is 56.1 Å². The average Bonchev–Trinajstić information content (AvgIpc) is 2.65. The molecule has 0 radical (unpaired) electrons. The van der Waals surface area contributed by atoms with E-state index in [4.69, 9.17) is 5.26 Å². The third-order valence-electron chi connectivity index (χ3n) is 4.66. The maximum atomic E-state index is 12.6. The number of hydrogen-bond donors (Lipinski definition) is 1. The van der Waals surface area contributed by atoms with Crippen LogP contribution in [0.4, 0.5) is 5.69 Å². The summed E-state index contributed by atoms with van der Waals surface area (Å²) in [5, 5.41) is 12.0. The highest BCUT2D eigenvalue weighted by Crippen LogP contribution is 2.33. The molecule has 0 aromatic heterocycles. The van der Waals surface area contributed by atoms with Gasteiger partial charge in [-0.3, -0.25) is 4.79 Å². The van der Waals surface area contributed by atoms with Crippen molar-refractivity contribution in [3.63, 3.8) is 0 Å². The summed E-state index contributed by atoms with van der Waals surface area (Å²) in [4.78, 5) is 14.4. The first-order valence-electron chi connectivity index (χ1n) is 8.26. The molecule has 1 atom stereocenters. The minimum Gasteiger partial charge on any atom is -0.376 e. The number of rotatable bonds is 4. The van der Waals surface area contributed by atoms with Crippen LogP contribution in [0.5, 0.6) is 0 Å². The Morgan fingerprint density at radius 3 is 2.75 bits per heavy atom. The minimum absolute atomic E-state index is 0.0704. The number of carbonyl (C=O) groups is 1. The third-order valence-corrected chi connectivity index (χ3v) is 4.66. The maximum Gasteiger partial charge on any atom is 0.242 e. The van der Waals surface area contributed by atoms with Crippen molar-refractivity contribution in [2.75, 3.05) is 18.9 Å². The van der Waals surface area contributed by atoms with Crippen LogP contribution < -0.4 is 5.32 Å². The minimum atomic E-state index is 0.0704. The number of aryl methyl sites for hydroxylation is 1.